The molecule has 1 saturated heterocycles. The van der Waals surface area contributed by atoms with E-state index < -0.39 is 0 Å². The molecule has 5 nitrogen and oxygen atoms in total. The summed E-state index contributed by atoms with van der Waals surface area (Å²) in [6.07, 6.45) is 6.95. The number of amides is 1. The Morgan fingerprint density at radius 3 is 2.52 bits per heavy atom. The summed E-state index contributed by atoms with van der Waals surface area (Å²) in [6, 6.07) is 7.56. The standard InChI is InChI=1S/C22H34N2O3/c1-2-26-16-17-27-21-11-7-6-10-20(21)22(25)24-14-12-23(13-15-24)18-19-8-4-3-5-9-19/h6-7,10-11,19H,2-5,8-9,12-18H2,1H3. The van der Waals surface area contributed by atoms with Gasteiger partial charge in [-0.3, -0.25) is 9.69 Å². The molecule has 5 heteroatoms. The molecule has 1 saturated carbocycles. The number of piperazine rings is 1. The van der Waals surface area contributed by atoms with Gasteiger partial charge in [0.2, 0.25) is 0 Å². The summed E-state index contributed by atoms with van der Waals surface area (Å²) in [5.41, 5.74) is 0.662. The quantitative estimate of drug-likeness (QED) is 0.654. The fourth-order valence-corrected chi connectivity index (χ4v) is 4.16. The largest absolute Gasteiger partial charge is 0.490 e. The van der Waals surface area contributed by atoms with Crippen molar-refractivity contribution in [2.24, 2.45) is 5.92 Å². The average molecular weight is 375 g/mol. The van der Waals surface area contributed by atoms with E-state index in [1.807, 2.05) is 36.1 Å². The minimum absolute atomic E-state index is 0.0827. The molecule has 0 unspecified atom stereocenters. The molecule has 0 bridgehead atoms. The Balaban J connectivity index is 1.50. The maximum Gasteiger partial charge on any atom is 0.257 e. The van der Waals surface area contributed by atoms with E-state index in [1.165, 1.54) is 38.6 Å². The van der Waals surface area contributed by atoms with Crippen LogP contribution in [0.4, 0.5) is 0 Å². The van der Waals surface area contributed by atoms with Crippen molar-refractivity contribution in [3.8, 4) is 5.75 Å². The van der Waals surface area contributed by atoms with E-state index in [1.54, 1.807) is 0 Å². The number of benzene rings is 1. The third-order valence-corrected chi connectivity index (χ3v) is 5.71. The Kier molecular flexibility index (Phi) is 7.96. The highest BCUT2D eigenvalue weighted by molar-refractivity contribution is 5.97. The molecular weight excluding hydrogens is 340 g/mol. The lowest BCUT2D eigenvalue weighted by atomic mass is 9.89. The zero-order valence-electron chi connectivity index (χ0n) is 16.7. The van der Waals surface area contributed by atoms with Gasteiger partial charge in [0.15, 0.2) is 0 Å². The second-order valence-electron chi connectivity index (χ2n) is 7.64. The predicted molar refractivity (Wildman–Crippen MR) is 107 cm³/mol. The highest BCUT2D eigenvalue weighted by Gasteiger charge is 2.26. The van der Waals surface area contributed by atoms with Gasteiger partial charge in [0.25, 0.3) is 5.91 Å². The van der Waals surface area contributed by atoms with Crippen molar-refractivity contribution in [2.45, 2.75) is 39.0 Å². The van der Waals surface area contributed by atoms with Gasteiger partial charge in [0, 0.05) is 39.3 Å². The first-order chi connectivity index (χ1) is 13.3. The minimum atomic E-state index is 0.0827. The van der Waals surface area contributed by atoms with Crippen LogP contribution in [0.5, 0.6) is 5.75 Å². The minimum Gasteiger partial charge on any atom is -0.490 e. The van der Waals surface area contributed by atoms with Gasteiger partial charge in [-0.1, -0.05) is 31.4 Å². The number of hydrogen-bond donors (Lipinski definition) is 0. The molecule has 0 N–H and O–H groups in total. The van der Waals surface area contributed by atoms with E-state index in [9.17, 15) is 4.79 Å². The molecule has 0 spiro atoms. The molecule has 1 heterocycles. The van der Waals surface area contributed by atoms with E-state index >= 15 is 0 Å². The van der Waals surface area contributed by atoms with E-state index in [0.717, 1.165) is 32.1 Å². The van der Waals surface area contributed by atoms with Crippen molar-refractivity contribution in [2.75, 3.05) is 52.5 Å². The Labute approximate surface area is 163 Å². The third kappa shape index (κ3) is 5.94. The van der Waals surface area contributed by atoms with Gasteiger partial charge in [0.1, 0.15) is 12.4 Å². The molecule has 1 aromatic rings. The molecule has 0 atom stereocenters. The Morgan fingerprint density at radius 2 is 1.78 bits per heavy atom. The highest BCUT2D eigenvalue weighted by Crippen LogP contribution is 2.25. The maximum atomic E-state index is 13.0. The molecule has 0 radical (unpaired) electrons. The molecular formula is C22H34N2O3. The molecule has 1 amide bonds. The van der Waals surface area contributed by atoms with Crippen LogP contribution in [0.25, 0.3) is 0 Å². The first kappa shape index (κ1) is 20.2. The molecule has 150 valence electrons. The Morgan fingerprint density at radius 1 is 1.04 bits per heavy atom. The van der Waals surface area contributed by atoms with Gasteiger partial charge in [-0.15, -0.1) is 0 Å². The molecule has 2 aliphatic rings. The zero-order valence-corrected chi connectivity index (χ0v) is 16.7. The van der Waals surface area contributed by atoms with Crippen LogP contribution in [0.1, 0.15) is 49.4 Å². The summed E-state index contributed by atoms with van der Waals surface area (Å²) in [6.45, 7) is 8.43. The van der Waals surface area contributed by atoms with Crippen molar-refractivity contribution in [3.05, 3.63) is 29.8 Å². The molecule has 27 heavy (non-hydrogen) atoms. The van der Waals surface area contributed by atoms with Crippen LogP contribution in [-0.4, -0.2) is 68.3 Å². The van der Waals surface area contributed by atoms with E-state index in [-0.39, 0.29) is 5.91 Å². The van der Waals surface area contributed by atoms with Crippen molar-refractivity contribution in [1.29, 1.82) is 0 Å². The lowest BCUT2D eigenvalue weighted by Gasteiger charge is -2.37. The Bertz CT molecular complexity index is 579. The molecule has 1 aromatic carbocycles. The van der Waals surface area contributed by atoms with Crippen LogP contribution in [0, 0.1) is 5.92 Å². The summed E-state index contributed by atoms with van der Waals surface area (Å²) < 4.78 is 11.1. The van der Waals surface area contributed by atoms with Crippen LogP contribution >= 0.6 is 0 Å². The van der Waals surface area contributed by atoms with Crippen LogP contribution in [0.3, 0.4) is 0 Å². The first-order valence-electron chi connectivity index (χ1n) is 10.6. The third-order valence-electron chi connectivity index (χ3n) is 5.71. The molecule has 1 aliphatic carbocycles. The molecule has 0 aromatic heterocycles. The molecule has 3 rings (SSSR count). The van der Waals surface area contributed by atoms with Crippen molar-refractivity contribution < 1.29 is 14.3 Å². The summed E-state index contributed by atoms with van der Waals surface area (Å²) in [7, 11) is 0. The summed E-state index contributed by atoms with van der Waals surface area (Å²) >= 11 is 0. The predicted octanol–water partition coefficient (Wildman–Crippen LogP) is 3.44. The van der Waals surface area contributed by atoms with Crippen LogP contribution in [-0.2, 0) is 4.74 Å². The zero-order chi connectivity index (χ0) is 18.9. The van der Waals surface area contributed by atoms with Crippen molar-refractivity contribution >= 4 is 5.91 Å². The average Bonchev–Trinajstić information content (AvgIpc) is 2.72. The van der Waals surface area contributed by atoms with Crippen LogP contribution in [0.2, 0.25) is 0 Å². The van der Waals surface area contributed by atoms with Gasteiger partial charge in [-0.2, -0.15) is 0 Å². The van der Waals surface area contributed by atoms with Crippen molar-refractivity contribution in [3.63, 3.8) is 0 Å². The van der Waals surface area contributed by atoms with Crippen LogP contribution < -0.4 is 4.74 Å². The van der Waals surface area contributed by atoms with Gasteiger partial charge in [0.05, 0.1) is 12.2 Å². The second kappa shape index (κ2) is 10.7. The number of rotatable bonds is 8. The lowest BCUT2D eigenvalue weighted by molar-refractivity contribution is 0.0598. The lowest BCUT2D eigenvalue weighted by Crippen LogP contribution is -2.49. The molecule has 2 fully saturated rings. The number of ether oxygens (including phenoxy) is 2. The van der Waals surface area contributed by atoms with E-state index in [0.29, 0.717) is 31.1 Å². The number of nitrogens with zero attached hydrogens (tertiary/aromatic N) is 2. The van der Waals surface area contributed by atoms with Gasteiger partial charge in [-0.05, 0) is 37.8 Å². The Hall–Kier alpha value is -1.59. The summed E-state index contributed by atoms with van der Waals surface area (Å²) in [5, 5.41) is 0. The topological polar surface area (TPSA) is 42.0 Å². The smallest absolute Gasteiger partial charge is 0.257 e. The maximum absolute atomic E-state index is 13.0. The van der Waals surface area contributed by atoms with E-state index in [4.69, 9.17) is 9.47 Å². The first-order valence-corrected chi connectivity index (χ1v) is 10.6. The number of hydrogen-bond acceptors (Lipinski definition) is 4. The SMILES string of the molecule is CCOCCOc1ccccc1C(=O)N1CCN(CC2CCCCC2)CC1. The fourth-order valence-electron chi connectivity index (χ4n) is 4.16. The van der Waals surface area contributed by atoms with Crippen LogP contribution in [0.15, 0.2) is 24.3 Å². The molecule has 1 aliphatic heterocycles. The highest BCUT2D eigenvalue weighted by atomic mass is 16.5. The van der Waals surface area contributed by atoms with Gasteiger partial charge < -0.3 is 14.4 Å². The second-order valence-corrected chi connectivity index (χ2v) is 7.64. The normalized spacial score (nSPS) is 19.2. The number of para-hydroxylation sites is 1. The monoisotopic (exact) mass is 374 g/mol. The summed E-state index contributed by atoms with van der Waals surface area (Å²) in [5.74, 6) is 1.60. The number of carbonyl (C=O) groups is 1. The fraction of sp³-hybridized carbons (Fsp3) is 0.682. The van der Waals surface area contributed by atoms with Gasteiger partial charge >= 0.3 is 0 Å². The van der Waals surface area contributed by atoms with E-state index in [2.05, 4.69) is 4.90 Å². The van der Waals surface area contributed by atoms with Gasteiger partial charge in [-0.25, -0.2) is 0 Å². The summed E-state index contributed by atoms with van der Waals surface area (Å²) in [4.78, 5) is 17.5. The van der Waals surface area contributed by atoms with Crippen molar-refractivity contribution in [1.82, 2.24) is 9.80 Å². The number of carbonyl (C=O) groups excluding carboxylic acids is 1.